The molecular formula is C36H23N3O2. The summed E-state index contributed by atoms with van der Waals surface area (Å²) in [6, 6.07) is 38.1. The third-order valence-corrected chi connectivity index (χ3v) is 8.09. The Hall–Kier alpha value is -5.55. The highest BCUT2D eigenvalue weighted by Crippen LogP contribution is 2.36. The summed E-state index contributed by atoms with van der Waals surface area (Å²) in [5, 5.41) is 4.21. The Balaban J connectivity index is 1.34. The molecule has 194 valence electrons. The largest absolute Gasteiger partial charge is 0.327 e. The monoisotopic (exact) mass is 529 g/mol. The number of Topliss-reactive ketones (excluding diaryl/α,β-unsaturated/α-hetero) is 2. The number of rotatable bonds is 3. The smallest absolute Gasteiger partial charge is 0.197 e. The summed E-state index contributed by atoms with van der Waals surface area (Å²) in [5.74, 6) is 0.00746. The summed E-state index contributed by atoms with van der Waals surface area (Å²) in [5.41, 5.74) is 5.75. The topological polar surface area (TPSA) is 56.9 Å². The summed E-state index contributed by atoms with van der Waals surface area (Å²) in [7, 11) is 2.01. The summed E-state index contributed by atoms with van der Waals surface area (Å²) >= 11 is 0. The Morgan fingerprint density at radius 1 is 0.634 bits per heavy atom. The van der Waals surface area contributed by atoms with Crippen LogP contribution in [0.3, 0.4) is 0 Å². The average Bonchev–Trinajstić information content (AvgIpc) is 3.61. The van der Waals surface area contributed by atoms with Crippen molar-refractivity contribution in [2.75, 3.05) is 0 Å². The highest BCUT2D eigenvalue weighted by atomic mass is 16.2. The van der Waals surface area contributed by atoms with Crippen LogP contribution in [0.4, 0.5) is 0 Å². The average molecular weight is 530 g/mol. The van der Waals surface area contributed by atoms with E-state index >= 15 is 0 Å². The molecular weight excluding hydrogens is 506 g/mol. The maximum absolute atomic E-state index is 13.6. The van der Waals surface area contributed by atoms with Gasteiger partial charge >= 0.3 is 0 Å². The Kier molecular flexibility index (Phi) is 4.97. The van der Waals surface area contributed by atoms with Crippen LogP contribution < -0.4 is 0 Å². The molecule has 2 heterocycles. The number of carbonyl (C=O) groups excluding carboxylic acids is 2. The van der Waals surface area contributed by atoms with Crippen molar-refractivity contribution in [2.24, 2.45) is 7.05 Å². The van der Waals surface area contributed by atoms with E-state index in [1.54, 1.807) is 6.08 Å². The Labute approximate surface area is 235 Å². The standard InChI is InChI=1S/C36H23N3O2/c1-38-31(27-17-9-13-22-10-7-8-16-26(22)27)21-32-36(38)37-33(39(32)25-14-3-2-4-15-25)20-30-34(40)28-18-23-11-5-6-12-24(23)19-29(28)35(30)41/h2-21H,1H3. The zero-order chi connectivity index (χ0) is 27.7. The van der Waals surface area contributed by atoms with Crippen LogP contribution in [0, 0.1) is 0 Å². The molecule has 0 bridgehead atoms. The van der Waals surface area contributed by atoms with E-state index in [9.17, 15) is 9.59 Å². The summed E-state index contributed by atoms with van der Waals surface area (Å²) in [6.07, 6.45) is 1.65. The lowest BCUT2D eigenvalue weighted by atomic mass is 10.0. The van der Waals surface area contributed by atoms with Crippen LogP contribution in [-0.4, -0.2) is 25.7 Å². The van der Waals surface area contributed by atoms with Crippen LogP contribution in [0.25, 0.3) is 55.7 Å². The third-order valence-electron chi connectivity index (χ3n) is 8.09. The molecule has 41 heavy (non-hydrogen) atoms. The number of carbonyl (C=O) groups is 2. The van der Waals surface area contributed by atoms with E-state index in [0.29, 0.717) is 17.0 Å². The van der Waals surface area contributed by atoms with Crippen LogP contribution >= 0.6 is 0 Å². The van der Waals surface area contributed by atoms with E-state index in [2.05, 4.69) is 47.0 Å². The summed E-state index contributed by atoms with van der Waals surface area (Å²) < 4.78 is 4.11. The minimum atomic E-state index is -0.265. The van der Waals surface area contributed by atoms with Gasteiger partial charge in [-0.25, -0.2) is 4.98 Å². The summed E-state index contributed by atoms with van der Waals surface area (Å²) in [4.78, 5) is 32.1. The van der Waals surface area contributed by atoms with Crippen molar-refractivity contribution in [3.63, 3.8) is 0 Å². The van der Waals surface area contributed by atoms with Crippen LogP contribution in [0.15, 0.2) is 121 Å². The summed E-state index contributed by atoms with van der Waals surface area (Å²) in [6.45, 7) is 0. The number of para-hydroxylation sites is 1. The first-order chi connectivity index (χ1) is 20.1. The normalized spacial score (nSPS) is 13.0. The molecule has 5 nitrogen and oxygen atoms in total. The SMILES string of the molecule is Cn1c(-c2cccc3ccccc23)cc2c1nc(C=C1C(=O)c3cc4ccccc4cc3C1=O)n2-c1ccccc1. The molecule has 5 heteroatoms. The van der Waals surface area contributed by atoms with Crippen LogP contribution in [0.1, 0.15) is 26.5 Å². The van der Waals surface area contributed by atoms with Crippen molar-refractivity contribution in [3.05, 3.63) is 138 Å². The molecule has 0 N–H and O–H groups in total. The minimum absolute atomic E-state index is 0.136. The Bertz CT molecular complexity index is 2190. The Morgan fingerprint density at radius 2 is 1.24 bits per heavy atom. The predicted octanol–water partition coefficient (Wildman–Crippen LogP) is 7.80. The fourth-order valence-electron chi connectivity index (χ4n) is 6.08. The highest BCUT2D eigenvalue weighted by molar-refractivity contribution is 6.42. The van der Waals surface area contributed by atoms with Gasteiger partial charge in [-0.2, -0.15) is 0 Å². The number of nitrogens with zero attached hydrogens (tertiary/aromatic N) is 3. The second kappa shape index (κ2) is 8.73. The van der Waals surface area contributed by atoms with Gasteiger partial charge in [-0.05, 0) is 58.0 Å². The zero-order valence-corrected chi connectivity index (χ0v) is 22.2. The van der Waals surface area contributed by atoms with Crippen molar-refractivity contribution in [2.45, 2.75) is 0 Å². The molecule has 5 aromatic carbocycles. The van der Waals surface area contributed by atoms with Gasteiger partial charge in [-0.1, -0.05) is 84.9 Å². The lowest BCUT2D eigenvalue weighted by molar-refractivity contribution is 0.0990. The molecule has 7 aromatic rings. The number of ketones is 2. The molecule has 1 aliphatic rings. The van der Waals surface area contributed by atoms with Gasteiger partial charge < -0.3 is 4.57 Å². The quantitative estimate of drug-likeness (QED) is 0.173. The molecule has 1 aliphatic carbocycles. The molecule has 0 radical (unpaired) electrons. The maximum atomic E-state index is 13.6. The van der Waals surface area contributed by atoms with E-state index < -0.39 is 0 Å². The van der Waals surface area contributed by atoms with Crippen molar-refractivity contribution in [1.29, 1.82) is 0 Å². The molecule has 0 saturated carbocycles. The highest BCUT2D eigenvalue weighted by Gasteiger charge is 2.34. The maximum Gasteiger partial charge on any atom is 0.197 e. The van der Waals surface area contributed by atoms with Gasteiger partial charge in [-0.3, -0.25) is 14.2 Å². The zero-order valence-electron chi connectivity index (χ0n) is 22.2. The van der Waals surface area contributed by atoms with Crippen LogP contribution in [0.2, 0.25) is 0 Å². The molecule has 0 atom stereocenters. The van der Waals surface area contributed by atoms with Crippen molar-refractivity contribution in [3.8, 4) is 16.9 Å². The first kappa shape index (κ1) is 23.3. The minimum Gasteiger partial charge on any atom is -0.327 e. The molecule has 0 aliphatic heterocycles. The Morgan fingerprint density at radius 3 is 1.95 bits per heavy atom. The predicted molar refractivity (Wildman–Crippen MR) is 164 cm³/mol. The van der Waals surface area contributed by atoms with Crippen LogP contribution in [0.5, 0.6) is 0 Å². The van der Waals surface area contributed by atoms with E-state index in [1.807, 2.05) is 84.4 Å². The van der Waals surface area contributed by atoms with E-state index in [4.69, 9.17) is 4.98 Å². The number of hydrogen-bond acceptors (Lipinski definition) is 3. The van der Waals surface area contributed by atoms with Gasteiger partial charge in [0.15, 0.2) is 17.2 Å². The first-order valence-electron chi connectivity index (χ1n) is 13.5. The number of imidazole rings is 1. The number of aryl methyl sites for hydroxylation is 1. The van der Waals surface area contributed by atoms with Gasteiger partial charge in [0.25, 0.3) is 0 Å². The third kappa shape index (κ3) is 3.46. The molecule has 2 aromatic heterocycles. The fraction of sp³-hybridized carbons (Fsp3) is 0.0278. The van der Waals surface area contributed by atoms with Crippen molar-refractivity contribution in [1.82, 2.24) is 14.1 Å². The molecule has 0 amide bonds. The number of benzene rings is 5. The van der Waals surface area contributed by atoms with Gasteiger partial charge in [0.2, 0.25) is 0 Å². The molecule has 0 fully saturated rings. The van der Waals surface area contributed by atoms with E-state index in [-0.39, 0.29) is 17.1 Å². The fourth-order valence-corrected chi connectivity index (χ4v) is 6.08. The lowest BCUT2D eigenvalue weighted by Crippen LogP contribution is -2.04. The second-order valence-corrected chi connectivity index (χ2v) is 10.4. The molecule has 0 saturated heterocycles. The number of fused-ring (bicyclic) bond motifs is 4. The number of aromatic nitrogens is 3. The lowest BCUT2D eigenvalue weighted by Gasteiger charge is -2.09. The molecule has 8 rings (SSSR count). The van der Waals surface area contributed by atoms with Gasteiger partial charge in [0.1, 0.15) is 5.82 Å². The van der Waals surface area contributed by atoms with Gasteiger partial charge in [0.05, 0.1) is 16.8 Å². The molecule has 0 unspecified atom stereocenters. The second-order valence-electron chi connectivity index (χ2n) is 10.4. The van der Waals surface area contributed by atoms with Crippen molar-refractivity contribution < 1.29 is 9.59 Å². The van der Waals surface area contributed by atoms with Crippen molar-refractivity contribution >= 4 is 50.4 Å². The number of allylic oxidation sites excluding steroid dienone is 1. The van der Waals surface area contributed by atoms with Gasteiger partial charge in [0, 0.05) is 29.4 Å². The molecule has 0 spiro atoms. The van der Waals surface area contributed by atoms with Crippen LogP contribution in [-0.2, 0) is 7.05 Å². The van der Waals surface area contributed by atoms with E-state index in [1.165, 1.54) is 10.8 Å². The first-order valence-corrected chi connectivity index (χ1v) is 13.5. The van der Waals surface area contributed by atoms with E-state index in [0.717, 1.165) is 38.9 Å². The van der Waals surface area contributed by atoms with Gasteiger partial charge in [-0.15, -0.1) is 0 Å². The number of hydrogen-bond donors (Lipinski definition) is 0.